The fourth-order valence-electron chi connectivity index (χ4n) is 9.94. The van der Waals surface area contributed by atoms with Gasteiger partial charge in [0, 0.05) is 29.7 Å². The molecular weight excluding hydrogens is 492 g/mol. The topological polar surface area (TPSA) is 146 Å². The summed E-state index contributed by atoms with van der Waals surface area (Å²) in [5.74, 6) is -0.245. The normalized spacial score (nSPS) is 54.5. The van der Waals surface area contributed by atoms with E-state index >= 15 is 0 Å². The molecule has 0 bridgehead atoms. The van der Waals surface area contributed by atoms with E-state index in [0.717, 1.165) is 24.8 Å². The van der Waals surface area contributed by atoms with Crippen molar-refractivity contribution in [2.24, 2.45) is 28.6 Å². The standard InChI is InChI=1S/C29H44O9/c1-16-25(33)22(31)12-24(37-16)38-18-3-8-27(15-30)20-4-7-26(2)19(17-11-23(32)36-14-17)6-10-29(26,35)21(20)5-9-28(27,34)13-18/h11,16,18-22,24-25,30-31,33-35H,3-10,12-15H2,1-2H3/t16-,18+,19-,20+,21-,22+,24?,25-,26-,27+,28+,29?/m1/s1. The van der Waals surface area contributed by atoms with Crippen molar-refractivity contribution in [3.63, 3.8) is 0 Å². The molecule has 2 heterocycles. The molecule has 0 aromatic rings. The van der Waals surface area contributed by atoms with Gasteiger partial charge in [-0.1, -0.05) is 6.92 Å². The van der Waals surface area contributed by atoms with Crippen LogP contribution in [0.3, 0.4) is 0 Å². The third kappa shape index (κ3) is 3.72. The summed E-state index contributed by atoms with van der Waals surface area (Å²) in [5.41, 5.74) is -2.15. The van der Waals surface area contributed by atoms with Crippen LogP contribution in [0.15, 0.2) is 11.6 Å². The van der Waals surface area contributed by atoms with Crippen molar-refractivity contribution in [3.05, 3.63) is 11.6 Å². The molecule has 6 aliphatic rings. The number of aliphatic hydroxyl groups excluding tert-OH is 3. The van der Waals surface area contributed by atoms with Crippen LogP contribution in [0.1, 0.15) is 78.1 Å². The first-order chi connectivity index (χ1) is 18.0. The molecule has 4 saturated carbocycles. The summed E-state index contributed by atoms with van der Waals surface area (Å²) in [6.45, 7) is 4.05. The second-order valence-corrected chi connectivity index (χ2v) is 13.5. The lowest BCUT2D eigenvalue weighted by atomic mass is 9.41. The van der Waals surface area contributed by atoms with E-state index in [-0.39, 0.29) is 48.3 Å². The van der Waals surface area contributed by atoms with Crippen LogP contribution >= 0.6 is 0 Å². The van der Waals surface area contributed by atoms with Crippen LogP contribution in [-0.2, 0) is 19.0 Å². The Labute approximate surface area is 224 Å². The van der Waals surface area contributed by atoms with Crippen LogP contribution < -0.4 is 0 Å². The van der Waals surface area contributed by atoms with Crippen LogP contribution in [0, 0.1) is 28.6 Å². The van der Waals surface area contributed by atoms with Gasteiger partial charge in [0.05, 0.1) is 36.1 Å². The van der Waals surface area contributed by atoms with Gasteiger partial charge in [0.15, 0.2) is 6.29 Å². The molecule has 2 aliphatic heterocycles. The van der Waals surface area contributed by atoms with Gasteiger partial charge in [0.1, 0.15) is 12.7 Å². The van der Waals surface area contributed by atoms with Crippen molar-refractivity contribution in [2.75, 3.05) is 13.2 Å². The van der Waals surface area contributed by atoms with E-state index in [0.29, 0.717) is 45.1 Å². The van der Waals surface area contributed by atoms with Gasteiger partial charge >= 0.3 is 5.97 Å². The zero-order valence-electron chi connectivity index (χ0n) is 22.6. The summed E-state index contributed by atoms with van der Waals surface area (Å²) in [4.78, 5) is 11.8. The Morgan fingerprint density at radius 2 is 1.82 bits per heavy atom. The largest absolute Gasteiger partial charge is 0.458 e. The van der Waals surface area contributed by atoms with E-state index in [9.17, 15) is 30.3 Å². The third-order valence-electron chi connectivity index (χ3n) is 12.1. The number of hydrogen-bond acceptors (Lipinski definition) is 9. The Morgan fingerprint density at radius 3 is 2.50 bits per heavy atom. The maximum absolute atomic E-state index is 12.4. The molecule has 9 nitrogen and oxygen atoms in total. The number of aliphatic hydroxyl groups is 5. The highest BCUT2D eigenvalue weighted by Gasteiger charge is 2.71. The minimum Gasteiger partial charge on any atom is -0.458 e. The highest BCUT2D eigenvalue weighted by Crippen LogP contribution is 2.70. The van der Waals surface area contributed by atoms with E-state index < -0.39 is 41.2 Å². The molecule has 2 unspecified atom stereocenters. The van der Waals surface area contributed by atoms with Gasteiger partial charge in [-0.2, -0.15) is 0 Å². The molecule has 0 radical (unpaired) electrons. The number of carbonyl (C=O) groups excluding carboxylic acids is 1. The number of fused-ring (bicyclic) bond motifs is 5. The van der Waals surface area contributed by atoms with E-state index in [2.05, 4.69) is 6.92 Å². The maximum Gasteiger partial charge on any atom is 0.331 e. The molecule has 38 heavy (non-hydrogen) atoms. The molecular formula is C29H44O9. The first kappa shape index (κ1) is 27.1. The summed E-state index contributed by atoms with van der Waals surface area (Å²) in [6.07, 6.45) is 4.24. The molecule has 0 spiro atoms. The highest BCUT2D eigenvalue weighted by molar-refractivity contribution is 5.85. The Balaban J connectivity index is 1.21. The van der Waals surface area contributed by atoms with Crippen LogP contribution in [-0.4, -0.2) is 86.6 Å². The molecule has 214 valence electrons. The number of esters is 1. The number of ether oxygens (including phenoxy) is 3. The van der Waals surface area contributed by atoms with Crippen LogP contribution in [0.4, 0.5) is 0 Å². The maximum atomic E-state index is 12.4. The van der Waals surface area contributed by atoms with Gasteiger partial charge in [0.25, 0.3) is 0 Å². The molecule has 12 atom stereocenters. The third-order valence-corrected chi connectivity index (χ3v) is 12.1. The minimum atomic E-state index is -1.12. The van der Waals surface area contributed by atoms with Gasteiger partial charge < -0.3 is 39.7 Å². The second-order valence-electron chi connectivity index (χ2n) is 13.5. The molecule has 6 rings (SSSR count). The fraction of sp³-hybridized carbons (Fsp3) is 0.897. The minimum absolute atomic E-state index is 0.0117. The monoisotopic (exact) mass is 536 g/mol. The lowest BCUT2D eigenvalue weighted by Gasteiger charge is -2.66. The van der Waals surface area contributed by atoms with Crippen molar-refractivity contribution >= 4 is 5.97 Å². The smallest absolute Gasteiger partial charge is 0.331 e. The first-order valence-electron chi connectivity index (χ1n) is 14.6. The van der Waals surface area contributed by atoms with Crippen molar-refractivity contribution in [1.29, 1.82) is 0 Å². The fourth-order valence-corrected chi connectivity index (χ4v) is 9.94. The first-order valence-corrected chi connectivity index (χ1v) is 14.6. The molecule has 4 aliphatic carbocycles. The Hall–Kier alpha value is -1.07. The molecule has 0 aromatic heterocycles. The summed E-state index contributed by atoms with van der Waals surface area (Å²) >= 11 is 0. The van der Waals surface area contributed by atoms with Crippen molar-refractivity contribution in [2.45, 2.75) is 120 Å². The van der Waals surface area contributed by atoms with Gasteiger partial charge in [-0.25, -0.2) is 4.79 Å². The average Bonchev–Trinajstić information content (AvgIpc) is 3.41. The summed E-state index contributed by atoms with van der Waals surface area (Å²) in [5, 5.41) is 55.6. The van der Waals surface area contributed by atoms with Gasteiger partial charge in [-0.15, -0.1) is 0 Å². The van der Waals surface area contributed by atoms with Crippen LogP contribution in [0.25, 0.3) is 0 Å². The Bertz CT molecular complexity index is 973. The van der Waals surface area contributed by atoms with Crippen molar-refractivity contribution in [1.82, 2.24) is 0 Å². The molecule has 0 aromatic carbocycles. The van der Waals surface area contributed by atoms with Crippen molar-refractivity contribution in [3.8, 4) is 0 Å². The number of rotatable bonds is 4. The number of cyclic esters (lactones) is 1. The zero-order valence-corrected chi connectivity index (χ0v) is 22.6. The van der Waals surface area contributed by atoms with Gasteiger partial charge in [-0.3, -0.25) is 0 Å². The lowest BCUT2D eigenvalue weighted by molar-refractivity contribution is -0.297. The highest BCUT2D eigenvalue weighted by atomic mass is 16.7. The molecule has 0 amide bonds. The van der Waals surface area contributed by atoms with E-state index in [1.807, 2.05) is 0 Å². The Kier molecular flexibility index (Phi) is 6.58. The average molecular weight is 537 g/mol. The van der Waals surface area contributed by atoms with Crippen LogP contribution in [0.2, 0.25) is 0 Å². The predicted molar refractivity (Wildman–Crippen MR) is 134 cm³/mol. The van der Waals surface area contributed by atoms with E-state index in [1.54, 1.807) is 13.0 Å². The van der Waals surface area contributed by atoms with Crippen LogP contribution in [0.5, 0.6) is 0 Å². The van der Waals surface area contributed by atoms with Gasteiger partial charge in [-0.05, 0) is 81.6 Å². The molecule has 9 heteroatoms. The molecule has 5 N–H and O–H groups in total. The van der Waals surface area contributed by atoms with Gasteiger partial charge in [0.2, 0.25) is 0 Å². The second kappa shape index (κ2) is 9.23. The molecule has 1 saturated heterocycles. The summed E-state index contributed by atoms with van der Waals surface area (Å²) in [7, 11) is 0. The summed E-state index contributed by atoms with van der Waals surface area (Å²) < 4.78 is 17.2. The zero-order chi connectivity index (χ0) is 27.1. The number of carbonyl (C=O) groups is 1. The van der Waals surface area contributed by atoms with E-state index in [4.69, 9.17) is 14.2 Å². The van der Waals surface area contributed by atoms with E-state index in [1.165, 1.54) is 0 Å². The quantitative estimate of drug-likeness (QED) is 0.267. The Morgan fingerprint density at radius 1 is 1.05 bits per heavy atom. The SMILES string of the molecule is C[C@H]1OC(O[C@H]2CC[C@]3(CO)[C@H]4CC[C@]5(C)[C@@H](C6=CC(=O)OC6)CCC5(O)[C@@H]4CC[C@]3(O)C2)C[C@H](O)[C@@H]1O. The number of hydrogen-bond donors (Lipinski definition) is 5. The van der Waals surface area contributed by atoms with Crippen molar-refractivity contribution < 1.29 is 44.5 Å². The lowest BCUT2D eigenvalue weighted by Crippen LogP contribution is -2.69. The molecule has 5 fully saturated rings. The summed E-state index contributed by atoms with van der Waals surface area (Å²) in [6, 6.07) is 0. The predicted octanol–water partition coefficient (Wildman–Crippen LogP) is 1.57.